The third-order valence-corrected chi connectivity index (χ3v) is 5.41. The van der Waals surface area contributed by atoms with Gasteiger partial charge in [-0.3, -0.25) is 14.3 Å². The fourth-order valence-corrected chi connectivity index (χ4v) is 3.60. The average molecular weight is 440 g/mol. The second kappa shape index (κ2) is 7.35. The van der Waals surface area contributed by atoms with Gasteiger partial charge in [0.2, 0.25) is 0 Å². The first-order chi connectivity index (χ1) is 14.1. The van der Waals surface area contributed by atoms with E-state index in [2.05, 4.69) is 10.1 Å². The van der Waals surface area contributed by atoms with Gasteiger partial charge in [0, 0.05) is 22.5 Å². The molecule has 30 heavy (non-hydrogen) atoms. The molecule has 3 heterocycles. The van der Waals surface area contributed by atoms with E-state index in [-0.39, 0.29) is 18.0 Å². The van der Waals surface area contributed by atoms with Gasteiger partial charge in [-0.1, -0.05) is 17.7 Å². The fourth-order valence-electron chi connectivity index (χ4n) is 3.37. The van der Waals surface area contributed by atoms with Crippen molar-refractivity contribution < 1.29 is 22.8 Å². The molecule has 2 amide bonds. The van der Waals surface area contributed by atoms with Crippen molar-refractivity contribution in [2.24, 2.45) is 0 Å². The molecular formula is C19H17ClF3N5O2. The van der Waals surface area contributed by atoms with Crippen LogP contribution in [-0.2, 0) is 13.1 Å². The number of benzene rings is 1. The number of H-pyrrole nitrogens is 1. The zero-order chi connectivity index (χ0) is 21.6. The Morgan fingerprint density at radius 3 is 2.77 bits per heavy atom. The fraction of sp³-hybridized carbons (Fsp3) is 0.316. The maximum atomic E-state index is 13.0. The Morgan fingerprint density at radius 2 is 2.07 bits per heavy atom. The van der Waals surface area contributed by atoms with Crippen LogP contribution in [0.4, 0.5) is 13.2 Å². The highest BCUT2D eigenvalue weighted by Gasteiger charge is 2.38. The molecule has 0 bridgehead atoms. The topological polar surface area (TPSA) is 83.0 Å². The quantitative estimate of drug-likeness (QED) is 0.656. The van der Waals surface area contributed by atoms with Crippen LogP contribution in [0, 0.1) is 0 Å². The summed E-state index contributed by atoms with van der Waals surface area (Å²) in [5.74, 6) is -1.18. The molecule has 1 aliphatic rings. The number of nitrogens with one attached hydrogen (secondary N) is 2. The van der Waals surface area contributed by atoms with Gasteiger partial charge in [-0.25, -0.2) is 0 Å². The van der Waals surface area contributed by atoms with Crippen molar-refractivity contribution in [2.45, 2.75) is 32.2 Å². The first-order valence-corrected chi connectivity index (χ1v) is 9.51. The van der Waals surface area contributed by atoms with Crippen molar-refractivity contribution in [3.05, 3.63) is 52.4 Å². The summed E-state index contributed by atoms with van der Waals surface area (Å²) in [5, 5.41) is 7.23. The molecule has 0 radical (unpaired) electrons. The van der Waals surface area contributed by atoms with Crippen molar-refractivity contribution in [1.82, 2.24) is 25.0 Å². The van der Waals surface area contributed by atoms with Gasteiger partial charge in [0.15, 0.2) is 0 Å². The van der Waals surface area contributed by atoms with Crippen molar-refractivity contribution >= 4 is 34.3 Å². The minimum atomic E-state index is -4.55. The lowest BCUT2D eigenvalue weighted by molar-refractivity contribution is -0.149. The number of halogens is 4. The van der Waals surface area contributed by atoms with Crippen LogP contribution < -0.4 is 5.32 Å². The number of nitrogens with zero attached hydrogens (tertiary/aromatic N) is 3. The summed E-state index contributed by atoms with van der Waals surface area (Å²) in [6, 6.07) is 4.94. The number of carbonyl (C=O) groups is 2. The number of rotatable bonds is 3. The van der Waals surface area contributed by atoms with Crippen LogP contribution in [0.2, 0.25) is 5.02 Å². The van der Waals surface area contributed by atoms with Gasteiger partial charge in [0.05, 0.1) is 30.5 Å². The minimum absolute atomic E-state index is 0.0169. The Morgan fingerprint density at radius 1 is 1.30 bits per heavy atom. The smallest absolute Gasteiger partial charge is 0.350 e. The third-order valence-electron chi connectivity index (χ3n) is 5.08. The van der Waals surface area contributed by atoms with Crippen molar-refractivity contribution in [3.63, 3.8) is 0 Å². The lowest BCUT2D eigenvalue weighted by atomic mass is 10.1. The van der Waals surface area contributed by atoms with Gasteiger partial charge >= 0.3 is 6.18 Å². The molecule has 0 saturated carbocycles. The molecule has 0 aliphatic carbocycles. The molecule has 0 unspecified atom stereocenters. The molecule has 2 aromatic heterocycles. The standard InChI is InChI=1S/C19H17ClF3N5O2/c1-10(19(21,22)23)25-17(29)12-8-24-28-6-5-27(9-16(12)28)18(30)15-7-11-13(20)3-2-4-14(11)26-15/h2-4,7-8,10,26H,5-6,9H2,1H3,(H,25,29)/t10-/m1/s1. The van der Waals surface area contributed by atoms with E-state index in [1.54, 1.807) is 24.3 Å². The number of amides is 2. The van der Waals surface area contributed by atoms with Crippen LogP contribution >= 0.6 is 11.6 Å². The Hall–Kier alpha value is -3.01. The summed E-state index contributed by atoms with van der Waals surface area (Å²) in [7, 11) is 0. The summed E-state index contributed by atoms with van der Waals surface area (Å²) in [6.45, 7) is 1.58. The number of carbonyl (C=O) groups excluding carboxylic acids is 2. The molecular weight excluding hydrogens is 423 g/mol. The zero-order valence-electron chi connectivity index (χ0n) is 15.8. The molecule has 4 rings (SSSR count). The van der Waals surface area contributed by atoms with Crippen LogP contribution in [0.5, 0.6) is 0 Å². The highest BCUT2D eigenvalue weighted by molar-refractivity contribution is 6.35. The molecule has 158 valence electrons. The second-order valence-electron chi connectivity index (χ2n) is 7.08. The molecule has 7 nitrogen and oxygen atoms in total. The van der Waals surface area contributed by atoms with Crippen molar-refractivity contribution in [3.8, 4) is 0 Å². The van der Waals surface area contributed by atoms with Gasteiger partial charge in [-0.05, 0) is 25.1 Å². The highest BCUT2D eigenvalue weighted by atomic mass is 35.5. The summed E-state index contributed by atoms with van der Waals surface area (Å²) < 4.78 is 39.8. The molecule has 1 aromatic carbocycles. The minimum Gasteiger partial charge on any atom is -0.350 e. The number of fused-ring (bicyclic) bond motifs is 2. The number of hydrogen-bond donors (Lipinski definition) is 2. The summed E-state index contributed by atoms with van der Waals surface area (Å²) >= 11 is 6.16. The van der Waals surface area contributed by atoms with Crippen LogP contribution in [-0.4, -0.2) is 50.2 Å². The Bertz CT molecular complexity index is 1140. The monoisotopic (exact) mass is 439 g/mol. The Labute approximate surface area is 173 Å². The molecule has 1 aliphatic heterocycles. The predicted octanol–water partition coefficient (Wildman–Crippen LogP) is 3.35. The first-order valence-electron chi connectivity index (χ1n) is 9.14. The SMILES string of the molecule is C[C@@H](NC(=O)c1cnn2c1CN(C(=O)c1cc3c(Cl)cccc3[nH]1)CC2)C(F)(F)F. The van der Waals surface area contributed by atoms with E-state index >= 15 is 0 Å². The average Bonchev–Trinajstić information content (AvgIpc) is 3.31. The van der Waals surface area contributed by atoms with Gasteiger partial charge in [0.25, 0.3) is 11.8 Å². The van der Waals surface area contributed by atoms with E-state index in [1.807, 2.05) is 5.32 Å². The lowest BCUT2D eigenvalue weighted by Gasteiger charge is -2.28. The van der Waals surface area contributed by atoms with Gasteiger partial charge in [-0.15, -0.1) is 0 Å². The summed E-state index contributed by atoms with van der Waals surface area (Å²) in [5.41, 5.74) is 1.45. The van der Waals surface area contributed by atoms with Crippen LogP contribution in [0.15, 0.2) is 30.5 Å². The van der Waals surface area contributed by atoms with Gasteiger partial charge in [-0.2, -0.15) is 18.3 Å². The van der Waals surface area contributed by atoms with E-state index < -0.39 is 18.1 Å². The largest absolute Gasteiger partial charge is 0.408 e. The first kappa shape index (κ1) is 20.3. The number of alkyl halides is 3. The second-order valence-corrected chi connectivity index (χ2v) is 7.48. The van der Waals surface area contributed by atoms with E-state index in [1.165, 1.54) is 15.8 Å². The maximum Gasteiger partial charge on any atom is 0.408 e. The Balaban J connectivity index is 1.55. The zero-order valence-corrected chi connectivity index (χ0v) is 16.5. The van der Waals surface area contributed by atoms with Crippen molar-refractivity contribution in [1.29, 1.82) is 0 Å². The normalized spacial score (nSPS) is 15.2. The molecule has 0 fully saturated rings. The van der Waals surface area contributed by atoms with E-state index in [0.29, 0.717) is 40.4 Å². The lowest BCUT2D eigenvalue weighted by Crippen LogP contribution is -2.44. The predicted molar refractivity (Wildman–Crippen MR) is 103 cm³/mol. The van der Waals surface area contributed by atoms with E-state index in [0.717, 1.165) is 6.92 Å². The molecule has 0 spiro atoms. The number of hydrogen-bond acceptors (Lipinski definition) is 3. The molecule has 0 saturated heterocycles. The van der Waals surface area contributed by atoms with Gasteiger partial charge < -0.3 is 15.2 Å². The van der Waals surface area contributed by atoms with E-state index in [9.17, 15) is 22.8 Å². The van der Waals surface area contributed by atoms with Crippen LogP contribution in [0.1, 0.15) is 33.5 Å². The highest BCUT2D eigenvalue weighted by Crippen LogP contribution is 2.26. The summed E-state index contributed by atoms with van der Waals surface area (Å²) in [6.07, 6.45) is -3.33. The van der Waals surface area contributed by atoms with Gasteiger partial charge in [0.1, 0.15) is 11.7 Å². The molecule has 3 aromatic rings. The molecule has 2 N–H and O–H groups in total. The summed E-state index contributed by atoms with van der Waals surface area (Å²) in [4.78, 5) is 29.9. The molecule has 11 heteroatoms. The number of aromatic amines is 1. The van der Waals surface area contributed by atoms with E-state index in [4.69, 9.17) is 11.6 Å². The third kappa shape index (κ3) is 3.62. The molecule has 1 atom stereocenters. The number of aromatic nitrogens is 3. The van der Waals surface area contributed by atoms with Crippen LogP contribution in [0.3, 0.4) is 0 Å². The maximum absolute atomic E-state index is 13.0. The van der Waals surface area contributed by atoms with Crippen molar-refractivity contribution in [2.75, 3.05) is 6.54 Å². The Kier molecular flexibility index (Phi) is 4.97. The van der Waals surface area contributed by atoms with Crippen LogP contribution in [0.25, 0.3) is 10.9 Å².